The quantitative estimate of drug-likeness (QED) is 0.696. The van der Waals surface area contributed by atoms with Gasteiger partial charge in [0.15, 0.2) is 0 Å². The van der Waals surface area contributed by atoms with Crippen LogP contribution in [0.15, 0.2) is 0 Å². The van der Waals surface area contributed by atoms with Crippen LogP contribution in [-0.2, 0) is 9.53 Å². The lowest BCUT2D eigenvalue weighted by molar-refractivity contribution is -0.148. The summed E-state index contributed by atoms with van der Waals surface area (Å²) in [4.78, 5) is 11.3. The van der Waals surface area contributed by atoms with Crippen molar-refractivity contribution in [3.05, 3.63) is 0 Å². The number of carbonyl (C=O) groups excluding carboxylic acids is 1. The van der Waals surface area contributed by atoms with Gasteiger partial charge in [-0.1, -0.05) is 12.8 Å². The molecule has 0 unspecified atom stereocenters. The van der Waals surface area contributed by atoms with Crippen molar-refractivity contribution >= 4 is 18.4 Å². The zero-order chi connectivity index (χ0) is 8.97. The predicted molar refractivity (Wildman–Crippen MR) is 53.8 cm³/mol. The lowest BCUT2D eigenvalue weighted by atomic mass is 9.79. The molecule has 78 valence electrons. The van der Waals surface area contributed by atoms with Crippen molar-refractivity contribution in [2.75, 3.05) is 13.7 Å². The molecule has 2 N–H and O–H groups in total. The van der Waals surface area contributed by atoms with Crippen LogP contribution in [0.2, 0.25) is 0 Å². The first-order valence-electron chi connectivity index (χ1n) is 4.57. The molecule has 0 saturated heterocycles. The first kappa shape index (κ1) is 12.7. The van der Waals surface area contributed by atoms with Crippen LogP contribution in [0.5, 0.6) is 0 Å². The Kier molecular flexibility index (Phi) is 6.08. The minimum Gasteiger partial charge on any atom is -0.469 e. The minimum atomic E-state index is -0.0786. The maximum absolute atomic E-state index is 11.3. The second-order valence-electron chi connectivity index (χ2n) is 3.41. The second kappa shape index (κ2) is 6.22. The number of esters is 1. The summed E-state index contributed by atoms with van der Waals surface area (Å²) in [6.07, 6.45) is 4.37. The van der Waals surface area contributed by atoms with E-state index in [0.717, 1.165) is 19.3 Å². The highest BCUT2D eigenvalue weighted by Gasteiger charge is 2.30. The predicted octanol–water partition coefficient (Wildman–Crippen LogP) is 1.35. The van der Waals surface area contributed by atoms with E-state index in [0.29, 0.717) is 12.5 Å². The van der Waals surface area contributed by atoms with Gasteiger partial charge in [-0.15, -0.1) is 12.4 Å². The number of nitrogens with two attached hydrogens (primary N) is 1. The Hall–Kier alpha value is -0.280. The van der Waals surface area contributed by atoms with Crippen LogP contribution in [0.4, 0.5) is 0 Å². The largest absolute Gasteiger partial charge is 0.469 e. The van der Waals surface area contributed by atoms with Crippen LogP contribution in [0, 0.1) is 11.8 Å². The lowest BCUT2D eigenvalue weighted by Crippen LogP contribution is -2.32. The highest BCUT2D eigenvalue weighted by Crippen LogP contribution is 2.29. The molecule has 1 rings (SSSR count). The summed E-state index contributed by atoms with van der Waals surface area (Å²) in [6, 6.07) is 0. The first-order valence-corrected chi connectivity index (χ1v) is 4.57. The zero-order valence-corrected chi connectivity index (χ0v) is 8.81. The van der Waals surface area contributed by atoms with Crippen molar-refractivity contribution in [3.8, 4) is 0 Å². The van der Waals surface area contributed by atoms with Gasteiger partial charge >= 0.3 is 5.97 Å². The van der Waals surface area contributed by atoms with Crippen molar-refractivity contribution in [2.24, 2.45) is 17.6 Å². The Bertz CT molecular complexity index is 164. The van der Waals surface area contributed by atoms with Crippen molar-refractivity contribution in [2.45, 2.75) is 25.7 Å². The summed E-state index contributed by atoms with van der Waals surface area (Å²) in [7, 11) is 1.45. The standard InChI is InChI=1S/C9H17NO2.ClH/c1-12-9(11)8-5-3-2-4-7(8)6-10;/h7-8H,2-6,10H2,1H3;1H/t7-,8-;/m0./s1. The summed E-state index contributed by atoms with van der Waals surface area (Å²) in [6.45, 7) is 0.611. The van der Waals surface area contributed by atoms with Crippen LogP contribution >= 0.6 is 12.4 Å². The van der Waals surface area contributed by atoms with E-state index in [1.807, 2.05) is 0 Å². The van der Waals surface area contributed by atoms with Crippen LogP contribution in [-0.4, -0.2) is 19.6 Å². The molecule has 1 aliphatic rings. The Labute approximate surface area is 85.4 Å². The highest BCUT2D eigenvalue weighted by atomic mass is 35.5. The minimum absolute atomic E-state index is 0. The van der Waals surface area contributed by atoms with Gasteiger partial charge in [0.2, 0.25) is 0 Å². The van der Waals surface area contributed by atoms with E-state index in [9.17, 15) is 4.79 Å². The Morgan fingerprint density at radius 1 is 1.46 bits per heavy atom. The van der Waals surface area contributed by atoms with Gasteiger partial charge < -0.3 is 10.5 Å². The van der Waals surface area contributed by atoms with Gasteiger partial charge in [-0.3, -0.25) is 4.79 Å². The average Bonchev–Trinajstić information content (AvgIpc) is 2.16. The van der Waals surface area contributed by atoms with Gasteiger partial charge in [0.05, 0.1) is 13.0 Å². The van der Waals surface area contributed by atoms with E-state index < -0.39 is 0 Å². The molecule has 1 saturated carbocycles. The maximum Gasteiger partial charge on any atom is 0.308 e. The summed E-state index contributed by atoms with van der Waals surface area (Å²) in [5, 5.41) is 0. The number of carbonyl (C=O) groups is 1. The molecule has 0 aromatic heterocycles. The van der Waals surface area contributed by atoms with Gasteiger partial charge in [0.25, 0.3) is 0 Å². The zero-order valence-electron chi connectivity index (χ0n) is 7.99. The van der Waals surface area contributed by atoms with Crippen molar-refractivity contribution in [1.29, 1.82) is 0 Å². The topological polar surface area (TPSA) is 52.3 Å². The van der Waals surface area contributed by atoms with Gasteiger partial charge in [0.1, 0.15) is 0 Å². The third-order valence-corrected chi connectivity index (χ3v) is 2.72. The van der Waals surface area contributed by atoms with E-state index in [4.69, 9.17) is 10.5 Å². The number of methoxy groups -OCH3 is 1. The number of ether oxygens (including phenoxy) is 1. The van der Waals surface area contributed by atoms with Crippen LogP contribution in [0.25, 0.3) is 0 Å². The summed E-state index contributed by atoms with van der Waals surface area (Å²) >= 11 is 0. The fourth-order valence-electron chi connectivity index (χ4n) is 1.95. The monoisotopic (exact) mass is 207 g/mol. The normalized spacial score (nSPS) is 27.5. The number of rotatable bonds is 2. The molecule has 0 spiro atoms. The molecule has 1 fully saturated rings. The molecule has 0 heterocycles. The third kappa shape index (κ3) is 3.16. The summed E-state index contributed by atoms with van der Waals surface area (Å²) in [5.74, 6) is 0.338. The Morgan fingerprint density at radius 3 is 2.62 bits per heavy atom. The van der Waals surface area contributed by atoms with E-state index in [1.165, 1.54) is 13.5 Å². The Morgan fingerprint density at radius 2 is 2.08 bits per heavy atom. The molecular weight excluding hydrogens is 190 g/mol. The molecule has 0 amide bonds. The van der Waals surface area contributed by atoms with Crippen LogP contribution in [0.1, 0.15) is 25.7 Å². The molecule has 0 bridgehead atoms. The molecule has 0 aliphatic heterocycles. The fraction of sp³-hybridized carbons (Fsp3) is 0.889. The Balaban J connectivity index is 0.00000144. The lowest BCUT2D eigenvalue weighted by Gasteiger charge is -2.28. The molecule has 13 heavy (non-hydrogen) atoms. The van der Waals surface area contributed by atoms with Crippen molar-refractivity contribution < 1.29 is 9.53 Å². The molecule has 1 aliphatic carbocycles. The maximum atomic E-state index is 11.3. The number of halogens is 1. The average molecular weight is 208 g/mol. The van der Waals surface area contributed by atoms with Gasteiger partial charge in [-0.2, -0.15) is 0 Å². The second-order valence-corrected chi connectivity index (χ2v) is 3.41. The van der Waals surface area contributed by atoms with Gasteiger partial charge in [0, 0.05) is 0 Å². The molecule has 0 radical (unpaired) electrons. The van der Waals surface area contributed by atoms with Gasteiger partial charge in [-0.05, 0) is 25.3 Å². The highest BCUT2D eigenvalue weighted by molar-refractivity contribution is 5.85. The fourth-order valence-corrected chi connectivity index (χ4v) is 1.95. The third-order valence-electron chi connectivity index (χ3n) is 2.72. The molecule has 0 aromatic rings. The van der Waals surface area contributed by atoms with Crippen molar-refractivity contribution in [3.63, 3.8) is 0 Å². The summed E-state index contributed by atoms with van der Waals surface area (Å²) < 4.78 is 4.73. The van der Waals surface area contributed by atoms with Crippen LogP contribution in [0.3, 0.4) is 0 Å². The SMILES string of the molecule is COC(=O)[C@H]1CCCC[C@H]1CN.Cl. The van der Waals surface area contributed by atoms with E-state index in [-0.39, 0.29) is 24.3 Å². The van der Waals surface area contributed by atoms with E-state index >= 15 is 0 Å². The van der Waals surface area contributed by atoms with Crippen LogP contribution < -0.4 is 5.73 Å². The molecular formula is C9H18ClNO2. The smallest absolute Gasteiger partial charge is 0.308 e. The number of hydrogen-bond acceptors (Lipinski definition) is 3. The molecule has 2 atom stereocenters. The summed E-state index contributed by atoms with van der Waals surface area (Å²) in [5.41, 5.74) is 5.58. The van der Waals surface area contributed by atoms with E-state index in [1.54, 1.807) is 0 Å². The molecule has 4 heteroatoms. The van der Waals surface area contributed by atoms with Gasteiger partial charge in [-0.25, -0.2) is 0 Å². The van der Waals surface area contributed by atoms with E-state index in [2.05, 4.69) is 0 Å². The number of hydrogen-bond donors (Lipinski definition) is 1. The molecule has 3 nitrogen and oxygen atoms in total. The first-order chi connectivity index (χ1) is 5.79. The van der Waals surface area contributed by atoms with Crippen molar-refractivity contribution in [1.82, 2.24) is 0 Å². The molecule has 0 aromatic carbocycles.